The molecule has 1 saturated heterocycles. The van der Waals surface area contributed by atoms with Gasteiger partial charge in [-0.15, -0.1) is 0 Å². The Morgan fingerprint density at radius 3 is 2.69 bits per heavy atom. The molecule has 35 heavy (non-hydrogen) atoms. The third-order valence-electron chi connectivity index (χ3n) is 6.80. The number of likely N-dealkylation sites (tertiary alicyclic amines) is 1. The molecule has 3 aromatic rings. The standard InChI is InChI=1S/C24H23BrClFN4O4/c1-34-19-6-15-18(28-11-29-23(15)30-17-3-2-16(25)21(26)22(17)27)7-20(19)35-10-12-4-13-8-31(24(32)33)9-14(13)5-12/h2-3,6-7,11-14H,4-5,8-10H2,1H3,(H,32,33)(H,28,29,30). The molecule has 8 nitrogen and oxygen atoms in total. The number of hydrogen-bond acceptors (Lipinski definition) is 6. The molecule has 2 aromatic carbocycles. The van der Waals surface area contributed by atoms with Crippen LogP contribution >= 0.6 is 27.5 Å². The summed E-state index contributed by atoms with van der Waals surface area (Å²) in [4.78, 5) is 21.4. The van der Waals surface area contributed by atoms with E-state index < -0.39 is 11.9 Å². The molecule has 1 aromatic heterocycles. The Labute approximate surface area is 214 Å². The van der Waals surface area contributed by atoms with Gasteiger partial charge < -0.3 is 24.8 Å². The lowest BCUT2D eigenvalue weighted by Crippen LogP contribution is -2.28. The van der Waals surface area contributed by atoms with E-state index in [2.05, 4.69) is 31.2 Å². The molecule has 184 valence electrons. The normalized spacial score (nSPS) is 21.3. The van der Waals surface area contributed by atoms with Gasteiger partial charge >= 0.3 is 6.09 Å². The maximum absolute atomic E-state index is 14.6. The molecule has 1 amide bonds. The Balaban J connectivity index is 1.33. The summed E-state index contributed by atoms with van der Waals surface area (Å²) in [7, 11) is 1.56. The molecule has 0 radical (unpaired) electrons. The number of aromatic nitrogens is 2. The summed E-state index contributed by atoms with van der Waals surface area (Å²) in [5.74, 6) is 2.04. The van der Waals surface area contributed by atoms with Crippen LogP contribution in [-0.4, -0.2) is 52.9 Å². The lowest BCUT2D eigenvalue weighted by molar-refractivity contribution is 0.149. The third-order valence-corrected chi connectivity index (χ3v) is 8.06. The highest BCUT2D eigenvalue weighted by Gasteiger charge is 2.42. The summed E-state index contributed by atoms with van der Waals surface area (Å²) in [5.41, 5.74) is 0.799. The first-order chi connectivity index (χ1) is 16.8. The van der Waals surface area contributed by atoms with Crippen LogP contribution in [0.5, 0.6) is 11.5 Å². The fourth-order valence-corrected chi connectivity index (χ4v) is 5.58. The van der Waals surface area contributed by atoms with Crippen molar-refractivity contribution in [3.05, 3.63) is 45.9 Å². The number of nitrogens with zero attached hydrogens (tertiary/aromatic N) is 3. The van der Waals surface area contributed by atoms with E-state index in [-0.39, 0.29) is 10.7 Å². The number of carbonyl (C=O) groups is 1. The van der Waals surface area contributed by atoms with E-state index in [1.165, 1.54) is 11.2 Å². The molecule has 1 saturated carbocycles. The summed E-state index contributed by atoms with van der Waals surface area (Å²) in [6.07, 6.45) is 2.45. The number of halogens is 3. The quantitative estimate of drug-likeness (QED) is 0.356. The van der Waals surface area contributed by atoms with Crippen molar-refractivity contribution in [1.82, 2.24) is 14.9 Å². The number of ether oxygens (including phenoxy) is 2. The number of anilines is 2. The fraction of sp³-hybridized carbons (Fsp3) is 0.375. The van der Waals surface area contributed by atoms with E-state index in [9.17, 15) is 14.3 Å². The second-order valence-electron chi connectivity index (χ2n) is 8.95. The average Bonchev–Trinajstić information content (AvgIpc) is 3.42. The van der Waals surface area contributed by atoms with Crippen LogP contribution in [0.2, 0.25) is 5.02 Å². The van der Waals surface area contributed by atoms with Crippen LogP contribution in [0.25, 0.3) is 10.9 Å². The monoisotopic (exact) mass is 564 g/mol. The number of amides is 1. The Kier molecular flexibility index (Phi) is 6.59. The van der Waals surface area contributed by atoms with Gasteiger partial charge in [0, 0.05) is 29.0 Å². The first-order valence-electron chi connectivity index (χ1n) is 11.2. The molecule has 2 aliphatic rings. The number of rotatable bonds is 6. The van der Waals surface area contributed by atoms with Gasteiger partial charge in [-0.1, -0.05) is 11.6 Å². The second-order valence-corrected chi connectivity index (χ2v) is 10.2. The van der Waals surface area contributed by atoms with E-state index >= 15 is 0 Å². The molecule has 11 heteroatoms. The zero-order chi connectivity index (χ0) is 24.7. The van der Waals surface area contributed by atoms with E-state index in [1.807, 2.05) is 0 Å². The second kappa shape index (κ2) is 9.66. The molecule has 2 heterocycles. The van der Waals surface area contributed by atoms with Crippen molar-refractivity contribution in [2.75, 3.05) is 32.1 Å². The molecular weight excluding hydrogens is 543 g/mol. The summed E-state index contributed by atoms with van der Waals surface area (Å²) in [6.45, 7) is 1.72. The van der Waals surface area contributed by atoms with Crippen LogP contribution in [0, 0.1) is 23.6 Å². The highest BCUT2D eigenvalue weighted by atomic mass is 79.9. The van der Waals surface area contributed by atoms with Crippen molar-refractivity contribution in [3.63, 3.8) is 0 Å². The number of fused-ring (bicyclic) bond motifs is 2. The van der Waals surface area contributed by atoms with Crippen LogP contribution < -0.4 is 14.8 Å². The van der Waals surface area contributed by atoms with Crippen molar-refractivity contribution in [1.29, 1.82) is 0 Å². The molecular formula is C24H23BrClFN4O4. The molecule has 2 atom stereocenters. The minimum absolute atomic E-state index is 0.0200. The number of carboxylic acid groups (broad SMARTS) is 1. The van der Waals surface area contributed by atoms with Gasteiger partial charge in [0.05, 0.1) is 29.9 Å². The van der Waals surface area contributed by atoms with Crippen molar-refractivity contribution in [3.8, 4) is 11.5 Å². The van der Waals surface area contributed by atoms with Gasteiger partial charge in [0.15, 0.2) is 17.3 Å². The van der Waals surface area contributed by atoms with Gasteiger partial charge in [0.25, 0.3) is 0 Å². The Hall–Kier alpha value is -2.85. The number of nitrogens with one attached hydrogen (secondary N) is 1. The lowest BCUT2D eigenvalue weighted by atomic mass is 10.0. The smallest absolute Gasteiger partial charge is 0.407 e. The molecule has 2 N–H and O–H groups in total. The zero-order valence-corrected chi connectivity index (χ0v) is 21.1. The van der Waals surface area contributed by atoms with Crippen molar-refractivity contribution in [2.24, 2.45) is 17.8 Å². The number of methoxy groups -OCH3 is 1. The molecule has 1 aliphatic heterocycles. The van der Waals surface area contributed by atoms with Crippen LogP contribution in [0.4, 0.5) is 20.7 Å². The van der Waals surface area contributed by atoms with Gasteiger partial charge in [0.1, 0.15) is 12.1 Å². The molecule has 0 spiro atoms. The first-order valence-corrected chi connectivity index (χ1v) is 12.3. The minimum Gasteiger partial charge on any atom is -0.493 e. The van der Waals surface area contributed by atoms with Gasteiger partial charge in [-0.05, 0) is 64.7 Å². The number of hydrogen-bond donors (Lipinski definition) is 2. The molecule has 2 fully saturated rings. The molecule has 1 aliphatic carbocycles. The molecule has 5 rings (SSSR count). The summed E-state index contributed by atoms with van der Waals surface area (Å²) >= 11 is 9.23. The van der Waals surface area contributed by atoms with Gasteiger partial charge in [-0.2, -0.15) is 0 Å². The van der Waals surface area contributed by atoms with Crippen LogP contribution in [0.15, 0.2) is 35.1 Å². The minimum atomic E-state index is -0.838. The summed E-state index contributed by atoms with van der Waals surface area (Å²) in [5, 5.41) is 12.8. The Bertz CT molecular complexity index is 1280. The Morgan fingerprint density at radius 2 is 2.00 bits per heavy atom. The summed E-state index contributed by atoms with van der Waals surface area (Å²) in [6, 6.07) is 6.77. The third kappa shape index (κ3) is 4.69. The largest absolute Gasteiger partial charge is 0.493 e. The maximum Gasteiger partial charge on any atom is 0.407 e. The summed E-state index contributed by atoms with van der Waals surface area (Å²) < 4.78 is 26.8. The van der Waals surface area contributed by atoms with Crippen LogP contribution in [0.3, 0.4) is 0 Å². The van der Waals surface area contributed by atoms with Crippen molar-refractivity contribution >= 4 is 56.0 Å². The Morgan fingerprint density at radius 1 is 1.26 bits per heavy atom. The van der Waals surface area contributed by atoms with Gasteiger partial charge in [-0.3, -0.25) is 0 Å². The van der Waals surface area contributed by atoms with E-state index in [0.717, 1.165) is 12.8 Å². The van der Waals surface area contributed by atoms with Gasteiger partial charge in [0.2, 0.25) is 0 Å². The first kappa shape index (κ1) is 23.9. The van der Waals surface area contributed by atoms with Crippen molar-refractivity contribution in [2.45, 2.75) is 12.8 Å². The highest BCUT2D eigenvalue weighted by Crippen LogP contribution is 2.43. The maximum atomic E-state index is 14.6. The highest BCUT2D eigenvalue weighted by molar-refractivity contribution is 9.10. The predicted molar refractivity (Wildman–Crippen MR) is 133 cm³/mol. The molecule has 2 unspecified atom stereocenters. The van der Waals surface area contributed by atoms with E-state index in [4.69, 9.17) is 21.1 Å². The average molecular weight is 566 g/mol. The zero-order valence-electron chi connectivity index (χ0n) is 18.8. The topological polar surface area (TPSA) is 96.8 Å². The lowest BCUT2D eigenvalue weighted by Gasteiger charge is -2.18. The van der Waals surface area contributed by atoms with Gasteiger partial charge in [-0.25, -0.2) is 19.2 Å². The SMILES string of the molecule is COc1cc2c(Nc3ccc(Br)c(Cl)c3F)ncnc2cc1OCC1CC2CN(C(=O)O)CC2C1. The van der Waals surface area contributed by atoms with Crippen LogP contribution in [-0.2, 0) is 0 Å². The van der Waals surface area contributed by atoms with E-state index in [0.29, 0.717) is 70.1 Å². The predicted octanol–water partition coefficient (Wildman–Crippen LogP) is 5.95. The fourth-order valence-electron chi connectivity index (χ4n) is 5.11. The van der Waals surface area contributed by atoms with E-state index in [1.54, 1.807) is 31.4 Å². The van der Waals surface area contributed by atoms with Crippen LogP contribution in [0.1, 0.15) is 12.8 Å². The molecule has 0 bridgehead atoms. The number of benzene rings is 2. The van der Waals surface area contributed by atoms with Crippen molar-refractivity contribution < 1.29 is 23.8 Å².